The van der Waals surface area contributed by atoms with Crippen molar-refractivity contribution in [2.45, 2.75) is 0 Å². The molecule has 0 atom stereocenters. The number of anilines is 1. The number of rotatable bonds is 5. The number of halogens is 1. The predicted octanol–water partition coefficient (Wildman–Crippen LogP) is 4.61. The number of hydrogen-bond donors (Lipinski definition) is 0. The van der Waals surface area contributed by atoms with Crippen molar-refractivity contribution in [2.75, 3.05) is 26.2 Å². The number of carbonyl (C=O) groups is 2. The van der Waals surface area contributed by atoms with Crippen LogP contribution < -0.4 is 19.1 Å². The average molecular weight is 406 g/mol. The van der Waals surface area contributed by atoms with E-state index >= 15 is 0 Å². The van der Waals surface area contributed by atoms with E-state index in [-0.39, 0.29) is 10.1 Å². The average Bonchev–Trinajstić information content (AvgIpc) is 2.95. The summed E-state index contributed by atoms with van der Waals surface area (Å²) in [5.41, 5.74) is 1.06. The summed E-state index contributed by atoms with van der Waals surface area (Å²) in [4.78, 5) is 26.5. The maximum absolute atomic E-state index is 12.8. The highest BCUT2D eigenvalue weighted by Gasteiger charge is 2.36. The largest absolute Gasteiger partial charge is 0.496 e. The van der Waals surface area contributed by atoms with Crippen LogP contribution in [-0.4, -0.2) is 32.5 Å². The Morgan fingerprint density at radius 1 is 0.926 bits per heavy atom. The summed E-state index contributed by atoms with van der Waals surface area (Å²) >= 11 is 6.73. The van der Waals surface area contributed by atoms with Gasteiger partial charge in [-0.15, -0.1) is 0 Å². The van der Waals surface area contributed by atoms with Gasteiger partial charge in [0.2, 0.25) is 0 Å². The van der Waals surface area contributed by atoms with Gasteiger partial charge in [0.1, 0.15) is 5.75 Å². The molecule has 0 bridgehead atoms. The molecule has 1 aliphatic heterocycles. The number of hydrogen-bond acceptors (Lipinski definition) is 6. The van der Waals surface area contributed by atoms with E-state index in [0.29, 0.717) is 33.5 Å². The molecule has 0 aliphatic carbocycles. The number of amides is 2. The first-order valence-electron chi connectivity index (χ1n) is 7.82. The number of carbonyl (C=O) groups excluding carboxylic acids is 2. The quantitative estimate of drug-likeness (QED) is 0.677. The van der Waals surface area contributed by atoms with Gasteiger partial charge < -0.3 is 14.2 Å². The van der Waals surface area contributed by atoms with Gasteiger partial charge in [-0.3, -0.25) is 9.59 Å². The smallest absolute Gasteiger partial charge is 0.298 e. The van der Waals surface area contributed by atoms with Crippen molar-refractivity contribution in [1.82, 2.24) is 0 Å². The van der Waals surface area contributed by atoms with Crippen LogP contribution in [0.1, 0.15) is 5.56 Å². The summed E-state index contributed by atoms with van der Waals surface area (Å²) in [6.07, 6.45) is 1.60. The zero-order chi connectivity index (χ0) is 19.6. The molecule has 2 aromatic carbocycles. The van der Waals surface area contributed by atoms with Crippen LogP contribution in [0.2, 0.25) is 5.02 Å². The zero-order valence-corrected chi connectivity index (χ0v) is 16.4. The fourth-order valence-electron chi connectivity index (χ4n) is 2.59. The maximum Gasteiger partial charge on any atom is 0.298 e. The lowest BCUT2D eigenvalue weighted by molar-refractivity contribution is -0.113. The SMILES string of the molecule is COc1cc(OC)c(OC)cc1/C=C1/SC(=O)N(c2ccc(Cl)cc2)C1=O. The molecule has 27 heavy (non-hydrogen) atoms. The van der Waals surface area contributed by atoms with Crippen molar-refractivity contribution >= 4 is 46.3 Å². The first-order valence-corrected chi connectivity index (χ1v) is 9.01. The summed E-state index contributed by atoms with van der Waals surface area (Å²) in [6.45, 7) is 0. The molecule has 0 spiro atoms. The van der Waals surface area contributed by atoms with Gasteiger partial charge in [-0.05, 0) is 48.2 Å². The molecule has 1 fully saturated rings. The van der Waals surface area contributed by atoms with Gasteiger partial charge in [-0.25, -0.2) is 4.90 Å². The van der Waals surface area contributed by atoms with E-state index in [0.717, 1.165) is 16.7 Å². The highest BCUT2D eigenvalue weighted by Crippen LogP contribution is 2.40. The summed E-state index contributed by atoms with van der Waals surface area (Å²) in [6, 6.07) is 9.85. The van der Waals surface area contributed by atoms with Crippen LogP contribution in [0.3, 0.4) is 0 Å². The summed E-state index contributed by atoms with van der Waals surface area (Å²) in [5, 5.41) is 0.143. The van der Waals surface area contributed by atoms with Crippen LogP contribution in [-0.2, 0) is 4.79 Å². The first kappa shape index (κ1) is 19.1. The number of nitrogens with zero attached hydrogens (tertiary/aromatic N) is 1. The Balaban J connectivity index is 1.99. The number of methoxy groups -OCH3 is 3. The number of thioether (sulfide) groups is 1. The Bertz CT molecular complexity index is 926. The van der Waals surface area contributed by atoms with Gasteiger partial charge in [0.25, 0.3) is 11.1 Å². The standard InChI is InChI=1S/C19H16ClNO5S/c1-24-14-10-16(26-3)15(25-2)8-11(14)9-17-18(22)21(19(23)27-17)13-6-4-12(20)5-7-13/h4-10H,1-3H3/b17-9+. The van der Waals surface area contributed by atoms with E-state index in [4.69, 9.17) is 25.8 Å². The lowest BCUT2D eigenvalue weighted by Crippen LogP contribution is -2.27. The molecule has 1 saturated heterocycles. The monoisotopic (exact) mass is 405 g/mol. The highest BCUT2D eigenvalue weighted by atomic mass is 35.5. The maximum atomic E-state index is 12.8. The van der Waals surface area contributed by atoms with Crippen molar-refractivity contribution in [3.63, 3.8) is 0 Å². The zero-order valence-electron chi connectivity index (χ0n) is 14.8. The molecule has 0 radical (unpaired) electrons. The highest BCUT2D eigenvalue weighted by molar-refractivity contribution is 8.19. The minimum absolute atomic E-state index is 0.278. The number of imide groups is 1. The van der Waals surface area contributed by atoms with E-state index in [1.54, 1.807) is 42.5 Å². The summed E-state index contributed by atoms with van der Waals surface area (Å²) < 4.78 is 15.9. The van der Waals surface area contributed by atoms with Gasteiger partial charge in [0.15, 0.2) is 11.5 Å². The molecule has 140 valence electrons. The molecule has 8 heteroatoms. The Hall–Kier alpha value is -2.64. The second kappa shape index (κ2) is 7.94. The second-order valence-corrected chi connectivity index (χ2v) is 6.87. The molecule has 1 heterocycles. The molecule has 1 aliphatic rings. The third kappa shape index (κ3) is 3.74. The van der Waals surface area contributed by atoms with Crippen molar-refractivity contribution in [3.8, 4) is 17.2 Å². The van der Waals surface area contributed by atoms with E-state index in [1.807, 2.05) is 0 Å². The van der Waals surface area contributed by atoms with Gasteiger partial charge in [-0.1, -0.05) is 11.6 Å². The third-order valence-electron chi connectivity index (χ3n) is 3.90. The summed E-state index contributed by atoms with van der Waals surface area (Å²) in [5.74, 6) is 1.07. The molecule has 2 amide bonds. The minimum Gasteiger partial charge on any atom is -0.496 e. The van der Waals surface area contributed by atoms with Crippen LogP contribution in [0.5, 0.6) is 17.2 Å². The van der Waals surface area contributed by atoms with Crippen LogP contribution in [0, 0.1) is 0 Å². The van der Waals surface area contributed by atoms with Crippen LogP contribution >= 0.6 is 23.4 Å². The van der Waals surface area contributed by atoms with E-state index in [9.17, 15) is 9.59 Å². The molecule has 0 N–H and O–H groups in total. The van der Waals surface area contributed by atoms with Crippen molar-refractivity contribution in [3.05, 3.63) is 51.9 Å². The first-order chi connectivity index (χ1) is 13.0. The van der Waals surface area contributed by atoms with E-state index in [1.165, 1.54) is 21.3 Å². The molecular weight excluding hydrogens is 390 g/mol. The van der Waals surface area contributed by atoms with Crippen molar-refractivity contribution in [1.29, 1.82) is 0 Å². The molecule has 6 nitrogen and oxygen atoms in total. The Kier molecular flexibility index (Phi) is 5.62. The normalized spacial score (nSPS) is 15.4. The topological polar surface area (TPSA) is 65.1 Å². The molecule has 0 saturated carbocycles. The van der Waals surface area contributed by atoms with Gasteiger partial charge >= 0.3 is 0 Å². The lowest BCUT2D eigenvalue weighted by Gasteiger charge is -2.13. The van der Waals surface area contributed by atoms with Gasteiger partial charge in [-0.2, -0.15) is 0 Å². The fourth-order valence-corrected chi connectivity index (χ4v) is 3.55. The van der Waals surface area contributed by atoms with Crippen molar-refractivity contribution < 1.29 is 23.8 Å². The van der Waals surface area contributed by atoms with Crippen molar-refractivity contribution in [2.24, 2.45) is 0 Å². The fraction of sp³-hybridized carbons (Fsp3) is 0.158. The Morgan fingerprint density at radius 2 is 1.52 bits per heavy atom. The van der Waals surface area contributed by atoms with Crippen LogP contribution in [0.25, 0.3) is 6.08 Å². The number of ether oxygens (including phenoxy) is 3. The molecular formula is C19H16ClNO5S. The van der Waals surface area contributed by atoms with Gasteiger partial charge in [0.05, 0.1) is 31.9 Å². The molecule has 3 rings (SSSR count). The summed E-state index contributed by atoms with van der Waals surface area (Å²) in [7, 11) is 4.55. The van der Waals surface area contributed by atoms with E-state index in [2.05, 4.69) is 0 Å². The predicted molar refractivity (Wildman–Crippen MR) is 106 cm³/mol. The lowest BCUT2D eigenvalue weighted by atomic mass is 10.1. The number of benzene rings is 2. The molecule has 0 aromatic heterocycles. The Labute approximate surface area is 165 Å². The molecule has 2 aromatic rings. The third-order valence-corrected chi connectivity index (χ3v) is 5.02. The van der Waals surface area contributed by atoms with Crippen LogP contribution in [0.4, 0.5) is 10.5 Å². The Morgan fingerprint density at radius 3 is 2.11 bits per heavy atom. The van der Waals surface area contributed by atoms with E-state index < -0.39 is 5.91 Å². The van der Waals surface area contributed by atoms with Gasteiger partial charge in [0, 0.05) is 16.7 Å². The minimum atomic E-state index is -0.413. The van der Waals surface area contributed by atoms with Crippen LogP contribution in [0.15, 0.2) is 41.3 Å². The second-order valence-electron chi connectivity index (χ2n) is 5.44. The molecule has 0 unspecified atom stereocenters.